The van der Waals surface area contributed by atoms with E-state index in [-0.39, 0.29) is 12.6 Å². The molecule has 0 radical (unpaired) electrons. The van der Waals surface area contributed by atoms with Gasteiger partial charge in [0.2, 0.25) is 0 Å². The molecule has 164 valence electrons. The minimum Gasteiger partial charge on any atom is -0.497 e. The van der Waals surface area contributed by atoms with E-state index in [1.807, 2.05) is 53.4 Å². The van der Waals surface area contributed by atoms with E-state index >= 15 is 0 Å². The van der Waals surface area contributed by atoms with Crippen molar-refractivity contribution in [2.45, 2.75) is 6.54 Å². The van der Waals surface area contributed by atoms with E-state index in [4.69, 9.17) is 14.2 Å². The summed E-state index contributed by atoms with van der Waals surface area (Å²) in [5.41, 5.74) is 3.93. The standard InChI is InChI=1S/C25H24N2O5/c1-30-16-27-21-7-5-4-6-20(21)24(28)26(15-17-8-11-19(31-2)12-9-17)23-14-18(25(29)32-3)10-13-22(23)27/h4-14H,15-16H2,1-3H3. The fraction of sp³-hybridized carbons (Fsp3) is 0.200. The number of carbonyl (C=O) groups is 2. The maximum atomic E-state index is 13.7. The van der Waals surface area contributed by atoms with Gasteiger partial charge in [0.25, 0.3) is 5.91 Å². The number of fused-ring (bicyclic) bond motifs is 2. The van der Waals surface area contributed by atoms with Crippen LogP contribution in [0.2, 0.25) is 0 Å². The van der Waals surface area contributed by atoms with Crippen molar-refractivity contribution in [1.29, 1.82) is 0 Å². The number of benzene rings is 3. The zero-order valence-corrected chi connectivity index (χ0v) is 18.2. The second kappa shape index (κ2) is 9.11. The third kappa shape index (κ3) is 3.90. The van der Waals surface area contributed by atoms with Gasteiger partial charge in [-0.25, -0.2) is 4.79 Å². The monoisotopic (exact) mass is 432 g/mol. The summed E-state index contributed by atoms with van der Waals surface area (Å²) in [6.07, 6.45) is 0. The average molecular weight is 432 g/mol. The Morgan fingerprint density at radius 2 is 1.59 bits per heavy atom. The van der Waals surface area contributed by atoms with Crippen LogP contribution in [0.5, 0.6) is 5.75 Å². The number of amides is 1. The third-order valence-corrected chi connectivity index (χ3v) is 5.41. The van der Waals surface area contributed by atoms with E-state index in [2.05, 4.69) is 0 Å². The number of rotatable bonds is 6. The molecule has 0 bridgehead atoms. The molecule has 1 aliphatic heterocycles. The van der Waals surface area contributed by atoms with Crippen molar-refractivity contribution >= 4 is 28.9 Å². The molecule has 7 heteroatoms. The molecule has 0 N–H and O–H groups in total. The lowest BCUT2D eigenvalue weighted by Crippen LogP contribution is -2.30. The molecule has 0 spiro atoms. The average Bonchev–Trinajstić information content (AvgIpc) is 2.93. The number of hydrogen-bond acceptors (Lipinski definition) is 6. The molecule has 1 heterocycles. The summed E-state index contributed by atoms with van der Waals surface area (Å²) < 4.78 is 15.6. The second-order valence-electron chi connectivity index (χ2n) is 7.30. The number of para-hydroxylation sites is 1. The smallest absolute Gasteiger partial charge is 0.337 e. The Balaban J connectivity index is 1.89. The van der Waals surface area contributed by atoms with Crippen molar-refractivity contribution in [2.75, 3.05) is 37.9 Å². The van der Waals surface area contributed by atoms with Gasteiger partial charge < -0.3 is 24.0 Å². The summed E-state index contributed by atoms with van der Waals surface area (Å²) >= 11 is 0. The Morgan fingerprint density at radius 1 is 0.844 bits per heavy atom. The van der Waals surface area contributed by atoms with Crippen LogP contribution in [0.25, 0.3) is 0 Å². The highest BCUT2D eigenvalue weighted by molar-refractivity contribution is 6.14. The molecule has 0 aliphatic carbocycles. The molecule has 0 aromatic heterocycles. The minimum atomic E-state index is -0.468. The van der Waals surface area contributed by atoms with Gasteiger partial charge >= 0.3 is 5.97 Å². The summed E-state index contributed by atoms with van der Waals surface area (Å²) in [5.74, 6) is 0.101. The van der Waals surface area contributed by atoms with Crippen LogP contribution < -0.4 is 14.5 Å². The van der Waals surface area contributed by atoms with Crippen LogP contribution in [0.4, 0.5) is 17.1 Å². The highest BCUT2D eigenvalue weighted by atomic mass is 16.5. The van der Waals surface area contributed by atoms with Crippen LogP contribution in [-0.2, 0) is 16.0 Å². The molecular formula is C25H24N2O5. The van der Waals surface area contributed by atoms with Crippen molar-refractivity contribution in [3.8, 4) is 5.75 Å². The Hall–Kier alpha value is -3.84. The maximum absolute atomic E-state index is 13.7. The first-order valence-electron chi connectivity index (χ1n) is 10.1. The van der Waals surface area contributed by atoms with Gasteiger partial charge in [-0.2, -0.15) is 0 Å². The van der Waals surface area contributed by atoms with Crippen molar-refractivity contribution in [3.05, 3.63) is 83.4 Å². The van der Waals surface area contributed by atoms with Crippen LogP contribution in [-0.4, -0.2) is 39.9 Å². The van der Waals surface area contributed by atoms with Crippen molar-refractivity contribution in [1.82, 2.24) is 0 Å². The Kier molecular flexibility index (Phi) is 6.09. The molecule has 3 aromatic rings. The Labute approximate surface area is 186 Å². The first-order valence-corrected chi connectivity index (χ1v) is 10.1. The molecule has 0 atom stereocenters. The fourth-order valence-corrected chi connectivity index (χ4v) is 3.83. The van der Waals surface area contributed by atoms with Crippen molar-refractivity contribution in [3.63, 3.8) is 0 Å². The Morgan fingerprint density at radius 3 is 2.28 bits per heavy atom. The van der Waals surface area contributed by atoms with E-state index in [1.165, 1.54) is 7.11 Å². The lowest BCUT2D eigenvalue weighted by molar-refractivity contribution is 0.0600. The topological polar surface area (TPSA) is 68.3 Å². The van der Waals surface area contributed by atoms with E-state index in [0.29, 0.717) is 23.4 Å². The number of ether oxygens (including phenoxy) is 3. The molecule has 0 unspecified atom stereocenters. The SMILES string of the molecule is COCN1c2ccccc2C(=O)N(Cc2ccc(OC)cc2)c2cc(C(=O)OC)ccc21. The highest BCUT2D eigenvalue weighted by Crippen LogP contribution is 2.41. The molecule has 0 fully saturated rings. The molecule has 32 heavy (non-hydrogen) atoms. The van der Waals surface area contributed by atoms with Crippen LogP contribution in [0.15, 0.2) is 66.7 Å². The number of carbonyl (C=O) groups excluding carboxylic acids is 2. The molecular weight excluding hydrogens is 408 g/mol. The molecule has 1 amide bonds. The Bertz CT molecular complexity index is 1140. The van der Waals surface area contributed by atoms with Gasteiger partial charge in [-0.05, 0) is 48.0 Å². The summed E-state index contributed by atoms with van der Waals surface area (Å²) in [4.78, 5) is 29.6. The lowest BCUT2D eigenvalue weighted by atomic mass is 10.1. The fourth-order valence-electron chi connectivity index (χ4n) is 3.83. The summed E-state index contributed by atoms with van der Waals surface area (Å²) in [5, 5.41) is 0. The molecule has 3 aromatic carbocycles. The van der Waals surface area contributed by atoms with Gasteiger partial charge in [0, 0.05) is 7.11 Å². The maximum Gasteiger partial charge on any atom is 0.337 e. The van der Waals surface area contributed by atoms with Gasteiger partial charge in [-0.1, -0.05) is 24.3 Å². The molecule has 4 rings (SSSR count). The van der Waals surface area contributed by atoms with E-state index in [9.17, 15) is 9.59 Å². The molecule has 0 saturated heterocycles. The van der Waals surface area contributed by atoms with Crippen LogP contribution in [0, 0.1) is 0 Å². The first kappa shape index (κ1) is 21.4. The van der Waals surface area contributed by atoms with Gasteiger partial charge in [-0.3, -0.25) is 4.79 Å². The van der Waals surface area contributed by atoms with E-state index < -0.39 is 5.97 Å². The quantitative estimate of drug-likeness (QED) is 0.539. The zero-order valence-electron chi connectivity index (χ0n) is 18.2. The number of anilines is 3. The third-order valence-electron chi connectivity index (χ3n) is 5.41. The zero-order chi connectivity index (χ0) is 22.7. The van der Waals surface area contributed by atoms with Crippen LogP contribution in [0.3, 0.4) is 0 Å². The van der Waals surface area contributed by atoms with Gasteiger partial charge in [-0.15, -0.1) is 0 Å². The number of methoxy groups -OCH3 is 3. The van der Waals surface area contributed by atoms with Crippen molar-refractivity contribution in [2.24, 2.45) is 0 Å². The number of esters is 1. The summed E-state index contributed by atoms with van der Waals surface area (Å²) in [6, 6.07) is 20.2. The highest BCUT2D eigenvalue weighted by Gasteiger charge is 2.31. The minimum absolute atomic E-state index is 0.168. The predicted molar refractivity (Wildman–Crippen MR) is 122 cm³/mol. The van der Waals surface area contributed by atoms with E-state index in [0.717, 1.165) is 22.7 Å². The predicted octanol–water partition coefficient (Wildman–Crippen LogP) is 4.38. The normalized spacial score (nSPS) is 12.7. The van der Waals surface area contributed by atoms with Gasteiger partial charge in [0.15, 0.2) is 0 Å². The summed E-state index contributed by atoms with van der Waals surface area (Å²) in [7, 11) is 4.55. The van der Waals surface area contributed by atoms with E-state index in [1.54, 1.807) is 37.3 Å². The van der Waals surface area contributed by atoms with Crippen molar-refractivity contribution < 1.29 is 23.8 Å². The number of nitrogens with zero attached hydrogens (tertiary/aromatic N) is 2. The second-order valence-corrected chi connectivity index (χ2v) is 7.30. The molecule has 1 aliphatic rings. The molecule has 0 saturated carbocycles. The van der Waals surface area contributed by atoms with Crippen LogP contribution in [0.1, 0.15) is 26.3 Å². The first-order chi connectivity index (χ1) is 15.6. The summed E-state index contributed by atoms with van der Waals surface area (Å²) in [6.45, 7) is 0.556. The largest absolute Gasteiger partial charge is 0.497 e. The molecule has 7 nitrogen and oxygen atoms in total. The lowest BCUT2D eigenvalue weighted by Gasteiger charge is -2.27. The van der Waals surface area contributed by atoms with Gasteiger partial charge in [0.1, 0.15) is 12.5 Å². The van der Waals surface area contributed by atoms with Gasteiger partial charge in [0.05, 0.1) is 49.0 Å². The van der Waals surface area contributed by atoms with Crippen LogP contribution >= 0.6 is 0 Å². The number of hydrogen-bond donors (Lipinski definition) is 0.